The van der Waals surface area contributed by atoms with E-state index in [1.807, 2.05) is 0 Å². The van der Waals surface area contributed by atoms with Crippen LogP contribution in [-0.2, 0) is 14.3 Å². The van der Waals surface area contributed by atoms with Gasteiger partial charge >= 0.3 is 5.97 Å². The number of ketones is 1. The van der Waals surface area contributed by atoms with Gasteiger partial charge in [0.15, 0.2) is 0 Å². The molecule has 0 spiro atoms. The number of ether oxygens (including phenoxy) is 1. The number of carbonyl (C=O) groups excluding carboxylic acids is 1. The van der Waals surface area contributed by atoms with E-state index in [-0.39, 0.29) is 24.2 Å². The Bertz CT molecular complexity index is 512. The first-order valence-corrected chi connectivity index (χ1v) is 8.42. The molecule has 6 N–H and O–H groups in total. The summed E-state index contributed by atoms with van der Waals surface area (Å²) in [5.41, 5.74) is 5.88. The minimum atomic E-state index is -0.956. The summed E-state index contributed by atoms with van der Waals surface area (Å²) in [4.78, 5) is 24.3. The third kappa shape index (κ3) is 2.58. The second-order valence-corrected chi connectivity index (χ2v) is 7.25. The second-order valence-electron chi connectivity index (χ2n) is 7.25. The number of carboxylic acids is 1. The Labute approximate surface area is 134 Å². The highest BCUT2D eigenvalue weighted by atomic mass is 16.5. The first-order valence-electron chi connectivity index (χ1n) is 8.42. The minimum absolute atomic E-state index is 0.131. The molecule has 0 aromatic carbocycles. The molecule has 4 heterocycles. The van der Waals surface area contributed by atoms with Crippen LogP contribution in [0.15, 0.2) is 0 Å². The highest BCUT2D eigenvalue weighted by molar-refractivity contribution is 5.86. The van der Waals surface area contributed by atoms with Gasteiger partial charge < -0.3 is 26.2 Å². The van der Waals surface area contributed by atoms with E-state index in [0.29, 0.717) is 18.5 Å². The second kappa shape index (κ2) is 5.78. The molecular formula is C15H24N4O4. The molecular weight excluding hydrogens is 300 g/mol. The van der Waals surface area contributed by atoms with Gasteiger partial charge in [-0.2, -0.15) is 0 Å². The van der Waals surface area contributed by atoms with E-state index in [0.717, 1.165) is 19.5 Å². The van der Waals surface area contributed by atoms with Crippen LogP contribution >= 0.6 is 0 Å². The fourth-order valence-corrected chi connectivity index (χ4v) is 4.40. The molecule has 4 saturated heterocycles. The predicted molar refractivity (Wildman–Crippen MR) is 80.3 cm³/mol. The zero-order valence-electron chi connectivity index (χ0n) is 12.9. The van der Waals surface area contributed by atoms with Gasteiger partial charge in [0.05, 0.1) is 24.1 Å². The van der Waals surface area contributed by atoms with Crippen molar-refractivity contribution in [2.75, 3.05) is 19.6 Å². The summed E-state index contributed by atoms with van der Waals surface area (Å²) in [5, 5.41) is 19.0. The smallest absolute Gasteiger partial charge is 0.309 e. The molecule has 4 aliphatic rings. The molecule has 4 aliphatic heterocycles. The van der Waals surface area contributed by atoms with Crippen molar-refractivity contribution in [2.45, 2.75) is 37.4 Å². The molecule has 0 radical (unpaired) electrons. The first-order chi connectivity index (χ1) is 11.0. The van der Waals surface area contributed by atoms with Crippen molar-refractivity contribution in [3.05, 3.63) is 0 Å². The first kappa shape index (κ1) is 15.5. The van der Waals surface area contributed by atoms with E-state index in [4.69, 9.17) is 10.5 Å². The van der Waals surface area contributed by atoms with E-state index in [2.05, 4.69) is 16.0 Å². The van der Waals surface area contributed by atoms with Crippen molar-refractivity contribution in [2.24, 2.45) is 29.4 Å². The molecule has 7 unspecified atom stereocenters. The Hall–Kier alpha value is -1.06. The van der Waals surface area contributed by atoms with Gasteiger partial charge in [-0.3, -0.25) is 14.9 Å². The predicted octanol–water partition coefficient (Wildman–Crippen LogP) is -1.93. The summed E-state index contributed by atoms with van der Waals surface area (Å²) in [6.07, 6.45) is -0.238. The van der Waals surface area contributed by atoms with Crippen molar-refractivity contribution in [3.63, 3.8) is 0 Å². The lowest BCUT2D eigenvalue weighted by molar-refractivity contribution is -0.181. The largest absolute Gasteiger partial charge is 0.481 e. The number of piperidine rings is 2. The summed E-state index contributed by atoms with van der Waals surface area (Å²) in [6.45, 7) is 2.65. The number of nitrogens with one attached hydrogen (secondary N) is 3. The lowest BCUT2D eigenvalue weighted by atomic mass is 9.72. The monoisotopic (exact) mass is 324 g/mol. The van der Waals surface area contributed by atoms with E-state index < -0.39 is 30.2 Å². The van der Waals surface area contributed by atoms with Crippen molar-refractivity contribution in [3.8, 4) is 0 Å². The molecule has 128 valence electrons. The van der Waals surface area contributed by atoms with E-state index in [1.54, 1.807) is 0 Å². The number of hydrogen-bond donors (Lipinski definition) is 5. The van der Waals surface area contributed by atoms with Crippen LogP contribution in [0.3, 0.4) is 0 Å². The summed E-state index contributed by atoms with van der Waals surface area (Å²) >= 11 is 0. The summed E-state index contributed by atoms with van der Waals surface area (Å²) in [7, 11) is 0. The molecule has 4 fully saturated rings. The third-order valence-electron chi connectivity index (χ3n) is 5.95. The summed E-state index contributed by atoms with van der Waals surface area (Å²) in [5.74, 6) is -1.51. The SMILES string of the molecule is NC1NC2OC3CNC(C4CNC4)CC3C(=O)C2CC1C(=O)O. The molecule has 23 heavy (non-hydrogen) atoms. The zero-order chi connectivity index (χ0) is 16.1. The van der Waals surface area contributed by atoms with E-state index in [1.165, 1.54) is 0 Å². The molecule has 0 amide bonds. The van der Waals surface area contributed by atoms with Crippen molar-refractivity contribution < 1.29 is 19.4 Å². The Balaban J connectivity index is 1.49. The number of rotatable bonds is 2. The van der Waals surface area contributed by atoms with Gasteiger partial charge in [-0.05, 0) is 18.8 Å². The van der Waals surface area contributed by atoms with Gasteiger partial charge in [-0.25, -0.2) is 0 Å². The van der Waals surface area contributed by atoms with E-state index in [9.17, 15) is 14.7 Å². The number of fused-ring (bicyclic) bond motifs is 2. The fraction of sp³-hybridized carbons (Fsp3) is 0.867. The number of carboxylic acid groups (broad SMARTS) is 1. The van der Waals surface area contributed by atoms with Crippen LogP contribution in [0.2, 0.25) is 0 Å². The lowest BCUT2D eigenvalue weighted by Gasteiger charge is -2.50. The van der Waals surface area contributed by atoms with Crippen LogP contribution < -0.4 is 21.7 Å². The van der Waals surface area contributed by atoms with Crippen molar-refractivity contribution >= 4 is 11.8 Å². The normalized spacial score (nSPS) is 47.3. The van der Waals surface area contributed by atoms with Crippen LogP contribution in [0.5, 0.6) is 0 Å². The topological polar surface area (TPSA) is 126 Å². The summed E-state index contributed by atoms with van der Waals surface area (Å²) in [6, 6.07) is 0.343. The van der Waals surface area contributed by atoms with Crippen LogP contribution in [0.4, 0.5) is 0 Å². The lowest BCUT2D eigenvalue weighted by Crippen LogP contribution is -2.68. The Morgan fingerprint density at radius 3 is 2.65 bits per heavy atom. The quantitative estimate of drug-likeness (QED) is 0.398. The molecule has 7 atom stereocenters. The molecule has 8 nitrogen and oxygen atoms in total. The molecule has 0 aromatic heterocycles. The number of Topliss-reactive ketones (excluding diaryl/α,β-unsaturated/α-hetero) is 1. The van der Waals surface area contributed by atoms with Gasteiger partial charge in [0.25, 0.3) is 0 Å². The Kier molecular flexibility index (Phi) is 3.89. The van der Waals surface area contributed by atoms with Crippen LogP contribution in [0.25, 0.3) is 0 Å². The maximum atomic E-state index is 12.9. The molecule has 4 rings (SSSR count). The zero-order valence-corrected chi connectivity index (χ0v) is 12.9. The maximum absolute atomic E-state index is 12.9. The van der Waals surface area contributed by atoms with Gasteiger partial charge in [0, 0.05) is 31.6 Å². The Morgan fingerprint density at radius 2 is 2.00 bits per heavy atom. The average Bonchev–Trinajstić information content (AvgIpc) is 2.45. The van der Waals surface area contributed by atoms with Crippen molar-refractivity contribution in [1.29, 1.82) is 0 Å². The molecule has 8 heteroatoms. The maximum Gasteiger partial charge on any atom is 0.309 e. The van der Waals surface area contributed by atoms with Crippen LogP contribution in [-0.4, -0.2) is 61.0 Å². The molecule has 0 aromatic rings. The van der Waals surface area contributed by atoms with Gasteiger partial charge in [0.1, 0.15) is 12.0 Å². The average molecular weight is 324 g/mol. The third-order valence-corrected chi connectivity index (χ3v) is 5.95. The Morgan fingerprint density at radius 1 is 1.22 bits per heavy atom. The van der Waals surface area contributed by atoms with Gasteiger partial charge in [-0.1, -0.05) is 0 Å². The number of aliphatic carboxylic acids is 1. The number of carbonyl (C=O) groups is 2. The highest BCUT2D eigenvalue weighted by Gasteiger charge is 2.52. The number of nitrogens with two attached hydrogens (primary N) is 1. The molecule has 0 aliphatic carbocycles. The summed E-state index contributed by atoms with van der Waals surface area (Å²) < 4.78 is 6.06. The fourth-order valence-electron chi connectivity index (χ4n) is 4.40. The van der Waals surface area contributed by atoms with Gasteiger partial charge in [0.2, 0.25) is 0 Å². The van der Waals surface area contributed by atoms with Crippen molar-refractivity contribution in [1.82, 2.24) is 16.0 Å². The molecule has 0 saturated carbocycles. The highest BCUT2D eigenvalue weighted by Crippen LogP contribution is 2.38. The van der Waals surface area contributed by atoms with Gasteiger partial charge in [-0.15, -0.1) is 0 Å². The van der Waals surface area contributed by atoms with Crippen LogP contribution in [0, 0.1) is 23.7 Å². The standard InChI is InChI=1S/C15H24N4O4/c16-13-9(15(21)22)1-8-12(20)7-2-10(6-3-17-4-6)18-5-11(7)23-14(8)19-13/h6-11,13-14,17-19H,1-5,16H2,(H,21,22). The minimum Gasteiger partial charge on any atom is -0.481 e. The van der Waals surface area contributed by atoms with E-state index >= 15 is 0 Å². The molecule has 0 bridgehead atoms. The number of hydrogen-bond acceptors (Lipinski definition) is 7. The van der Waals surface area contributed by atoms with Crippen LogP contribution in [0.1, 0.15) is 12.8 Å².